The molecule has 26 heavy (non-hydrogen) atoms. The van der Waals surface area contributed by atoms with Gasteiger partial charge in [-0.15, -0.1) is 0 Å². The molecule has 1 aromatic carbocycles. The van der Waals surface area contributed by atoms with Crippen molar-refractivity contribution in [3.05, 3.63) is 41.0 Å². The first-order valence-corrected chi connectivity index (χ1v) is 9.72. The van der Waals surface area contributed by atoms with Crippen LogP contribution in [0.3, 0.4) is 0 Å². The zero-order valence-electron chi connectivity index (χ0n) is 15.6. The second-order valence-corrected chi connectivity index (χ2v) is 8.65. The molecule has 0 fully saturated rings. The number of carbonyl (C=O) groups is 2. The van der Waals surface area contributed by atoms with Gasteiger partial charge in [0.05, 0.1) is 11.8 Å². The Kier molecular flexibility index (Phi) is 4.17. The number of allylic oxidation sites excluding steroid dienone is 2. The fraction of sp³-hybridized carbons (Fsp3) is 0.545. The lowest BCUT2D eigenvalue weighted by atomic mass is 9.63. The lowest BCUT2D eigenvalue weighted by molar-refractivity contribution is -0.147. The standard InChI is InChI=1S/C22H27NO3/c1-22(2)10-5-7-15-12-16(17(21(25)26)13-18(15)22)20(24)23-11-9-14-6-3-4-8-19(14)23/h3-4,6,8,16-17H,5,7,9-13H2,1-2H3,(H,25,26)/t16-,17-/m0/s1. The van der Waals surface area contributed by atoms with Crippen LogP contribution in [0, 0.1) is 17.3 Å². The number of carboxylic acids is 1. The van der Waals surface area contributed by atoms with Crippen LogP contribution in [0.5, 0.6) is 0 Å². The van der Waals surface area contributed by atoms with Gasteiger partial charge in [0.1, 0.15) is 0 Å². The van der Waals surface area contributed by atoms with Crippen molar-refractivity contribution in [2.45, 2.75) is 52.4 Å². The van der Waals surface area contributed by atoms with Gasteiger partial charge in [-0.25, -0.2) is 0 Å². The van der Waals surface area contributed by atoms with Crippen molar-refractivity contribution in [3.63, 3.8) is 0 Å². The normalized spacial score (nSPS) is 27.1. The van der Waals surface area contributed by atoms with E-state index in [1.807, 2.05) is 23.1 Å². The van der Waals surface area contributed by atoms with Crippen molar-refractivity contribution < 1.29 is 14.7 Å². The van der Waals surface area contributed by atoms with Gasteiger partial charge in [0.25, 0.3) is 0 Å². The number of carboxylic acid groups (broad SMARTS) is 1. The number of carbonyl (C=O) groups excluding carboxylic acids is 1. The Morgan fingerprint density at radius 2 is 1.88 bits per heavy atom. The van der Waals surface area contributed by atoms with Crippen molar-refractivity contribution in [1.82, 2.24) is 0 Å². The van der Waals surface area contributed by atoms with E-state index >= 15 is 0 Å². The molecule has 138 valence electrons. The van der Waals surface area contributed by atoms with Crippen LogP contribution in [0.25, 0.3) is 0 Å². The maximum atomic E-state index is 13.4. The van der Waals surface area contributed by atoms with Crippen LogP contribution in [0.1, 0.15) is 51.5 Å². The van der Waals surface area contributed by atoms with Crippen LogP contribution in [-0.2, 0) is 16.0 Å². The van der Waals surface area contributed by atoms with Gasteiger partial charge in [0.15, 0.2) is 0 Å². The number of nitrogens with zero attached hydrogens (tertiary/aromatic N) is 1. The summed E-state index contributed by atoms with van der Waals surface area (Å²) < 4.78 is 0. The first-order chi connectivity index (χ1) is 12.4. The number of hydrogen-bond donors (Lipinski definition) is 1. The molecule has 0 saturated heterocycles. The van der Waals surface area contributed by atoms with Crippen LogP contribution < -0.4 is 4.90 Å². The molecule has 0 radical (unpaired) electrons. The maximum Gasteiger partial charge on any atom is 0.307 e. The fourth-order valence-corrected chi connectivity index (χ4v) is 5.23. The molecule has 0 spiro atoms. The number of anilines is 1. The third-order valence-electron chi connectivity index (χ3n) is 6.69. The van der Waals surface area contributed by atoms with E-state index < -0.39 is 17.8 Å². The quantitative estimate of drug-likeness (QED) is 0.811. The predicted octanol–water partition coefficient (Wildman–Crippen LogP) is 4.19. The van der Waals surface area contributed by atoms with E-state index in [4.69, 9.17) is 0 Å². The van der Waals surface area contributed by atoms with Gasteiger partial charge < -0.3 is 10.0 Å². The number of amides is 1. The molecule has 4 nitrogen and oxygen atoms in total. The molecule has 3 aliphatic rings. The second kappa shape index (κ2) is 6.26. The molecule has 2 aliphatic carbocycles. The van der Waals surface area contributed by atoms with Crippen LogP contribution in [0.2, 0.25) is 0 Å². The lowest BCUT2D eigenvalue weighted by Gasteiger charge is -2.42. The van der Waals surface area contributed by atoms with E-state index in [0.29, 0.717) is 19.4 Å². The zero-order valence-corrected chi connectivity index (χ0v) is 15.6. The number of aliphatic carboxylic acids is 1. The van der Waals surface area contributed by atoms with Gasteiger partial charge in [0, 0.05) is 12.2 Å². The molecule has 1 amide bonds. The van der Waals surface area contributed by atoms with Crippen molar-refractivity contribution >= 4 is 17.6 Å². The second-order valence-electron chi connectivity index (χ2n) is 8.65. The lowest BCUT2D eigenvalue weighted by Crippen LogP contribution is -2.44. The summed E-state index contributed by atoms with van der Waals surface area (Å²) in [5.41, 5.74) is 4.87. The third-order valence-corrected chi connectivity index (χ3v) is 6.69. The van der Waals surface area contributed by atoms with E-state index in [0.717, 1.165) is 31.4 Å². The molecule has 4 rings (SSSR count). The number of fused-ring (bicyclic) bond motifs is 1. The van der Waals surface area contributed by atoms with Crippen molar-refractivity contribution in [3.8, 4) is 0 Å². The average Bonchev–Trinajstić information content (AvgIpc) is 3.04. The maximum absolute atomic E-state index is 13.4. The Balaban J connectivity index is 1.66. The summed E-state index contributed by atoms with van der Waals surface area (Å²) in [6, 6.07) is 7.98. The minimum absolute atomic E-state index is 0.00252. The zero-order chi connectivity index (χ0) is 18.5. The summed E-state index contributed by atoms with van der Waals surface area (Å²) in [5.74, 6) is -1.88. The summed E-state index contributed by atoms with van der Waals surface area (Å²) in [6.45, 7) is 5.11. The summed E-state index contributed by atoms with van der Waals surface area (Å²) in [6.07, 6.45) is 5.27. The van der Waals surface area contributed by atoms with Crippen LogP contribution in [0.15, 0.2) is 35.4 Å². The first-order valence-electron chi connectivity index (χ1n) is 9.72. The summed E-state index contributed by atoms with van der Waals surface area (Å²) in [4.78, 5) is 27.2. The molecule has 4 heteroatoms. The molecular weight excluding hydrogens is 326 g/mol. The highest BCUT2D eigenvalue weighted by Crippen LogP contribution is 2.50. The average molecular weight is 353 g/mol. The van der Waals surface area contributed by atoms with Crippen molar-refractivity contribution in [2.75, 3.05) is 11.4 Å². The highest BCUT2D eigenvalue weighted by Gasteiger charge is 2.45. The smallest absolute Gasteiger partial charge is 0.307 e. The first kappa shape index (κ1) is 17.3. The minimum Gasteiger partial charge on any atom is -0.481 e. The highest BCUT2D eigenvalue weighted by atomic mass is 16.4. The summed E-state index contributed by atoms with van der Waals surface area (Å²) in [5, 5.41) is 9.86. The molecule has 0 bridgehead atoms. The van der Waals surface area contributed by atoms with Crippen LogP contribution >= 0.6 is 0 Å². The van der Waals surface area contributed by atoms with Gasteiger partial charge in [-0.1, -0.05) is 43.2 Å². The van der Waals surface area contributed by atoms with Crippen LogP contribution in [0.4, 0.5) is 5.69 Å². The number of para-hydroxylation sites is 1. The van der Waals surface area contributed by atoms with Crippen LogP contribution in [-0.4, -0.2) is 23.5 Å². The van der Waals surface area contributed by atoms with Gasteiger partial charge >= 0.3 is 5.97 Å². The summed E-state index contributed by atoms with van der Waals surface area (Å²) in [7, 11) is 0. The predicted molar refractivity (Wildman–Crippen MR) is 101 cm³/mol. The molecule has 1 N–H and O–H groups in total. The van der Waals surface area contributed by atoms with Gasteiger partial charge in [-0.3, -0.25) is 9.59 Å². The monoisotopic (exact) mass is 353 g/mol. The Hall–Kier alpha value is -2.10. The van der Waals surface area contributed by atoms with E-state index in [-0.39, 0.29) is 11.3 Å². The van der Waals surface area contributed by atoms with E-state index in [1.54, 1.807) is 0 Å². The van der Waals surface area contributed by atoms with E-state index in [2.05, 4.69) is 19.9 Å². The van der Waals surface area contributed by atoms with Crippen molar-refractivity contribution in [2.24, 2.45) is 17.3 Å². The molecule has 1 aromatic rings. The highest BCUT2D eigenvalue weighted by molar-refractivity contribution is 5.99. The molecule has 2 atom stereocenters. The SMILES string of the molecule is CC1(C)CCCC2=C1C[C@H](C(=O)O)[C@@H](C(=O)N1CCc3ccccc31)C2. The topological polar surface area (TPSA) is 57.6 Å². The number of rotatable bonds is 2. The summed E-state index contributed by atoms with van der Waals surface area (Å²) >= 11 is 0. The molecule has 1 heterocycles. The largest absolute Gasteiger partial charge is 0.481 e. The molecule has 0 aromatic heterocycles. The molecule has 1 aliphatic heterocycles. The van der Waals surface area contributed by atoms with E-state index in [1.165, 1.54) is 16.7 Å². The van der Waals surface area contributed by atoms with Gasteiger partial charge in [-0.05, 0) is 55.6 Å². The Morgan fingerprint density at radius 3 is 2.65 bits per heavy atom. The molecular formula is C22H27NO3. The molecule has 0 saturated carbocycles. The number of hydrogen-bond acceptors (Lipinski definition) is 2. The molecule has 0 unspecified atom stereocenters. The minimum atomic E-state index is -0.830. The fourth-order valence-electron chi connectivity index (χ4n) is 5.23. The Labute approximate surface area is 154 Å². The van der Waals surface area contributed by atoms with Gasteiger partial charge in [0.2, 0.25) is 5.91 Å². The van der Waals surface area contributed by atoms with E-state index in [9.17, 15) is 14.7 Å². The number of benzene rings is 1. The van der Waals surface area contributed by atoms with Crippen molar-refractivity contribution in [1.29, 1.82) is 0 Å². The Bertz CT molecular complexity index is 792. The van der Waals surface area contributed by atoms with Gasteiger partial charge in [-0.2, -0.15) is 0 Å². The Morgan fingerprint density at radius 1 is 1.12 bits per heavy atom. The third kappa shape index (κ3) is 2.76.